The Morgan fingerprint density at radius 3 is 3.00 bits per heavy atom. The fourth-order valence-electron chi connectivity index (χ4n) is 4.03. The fourth-order valence-corrected chi connectivity index (χ4v) is 4.03. The molecule has 148 valence electrons. The third-order valence-corrected chi connectivity index (χ3v) is 5.61. The van der Waals surface area contributed by atoms with Gasteiger partial charge in [-0.05, 0) is 45.4 Å². The lowest BCUT2D eigenvalue weighted by Gasteiger charge is -2.33. The first-order valence-electron chi connectivity index (χ1n) is 9.92. The molecule has 0 aliphatic carbocycles. The summed E-state index contributed by atoms with van der Waals surface area (Å²) in [6.07, 6.45) is 5.22. The number of aromatic nitrogens is 2. The van der Waals surface area contributed by atoms with Gasteiger partial charge in [0.1, 0.15) is 17.5 Å². The molecule has 0 saturated carbocycles. The van der Waals surface area contributed by atoms with Crippen LogP contribution in [0.25, 0.3) is 21.9 Å². The number of piperidine rings is 1. The van der Waals surface area contributed by atoms with E-state index in [9.17, 15) is 9.59 Å². The molecular formula is C21H26N4O3. The maximum absolute atomic E-state index is 12.5. The highest BCUT2D eigenvalue weighted by Gasteiger charge is 2.18. The zero-order chi connectivity index (χ0) is 19.7. The van der Waals surface area contributed by atoms with Crippen molar-refractivity contribution in [3.63, 3.8) is 0 Å². The normalized spacial score (nSPS) is 18.0. The number of nitrogens with zero attached hydrogens (tertiary/aromatic N) is 3. The van der Waals surface area contributed by atoms with Crippen LogP contribution in [0.5, 0.6) is 0 Å². The van der Waals surface area contributed by atoms with Crippen molar-refractivity contribution in [1.82, 2.24) is 20.0 Å². The van der Waals surface area contributed by atoms with Crippen LogP contribution in [0.1, 0.15) is 31.7 Å². The number of rotatable bonds is 5. The minimum Gasteiger partial charge on any atom is -0.422 e. The van der Waals surface area contributed by atoms with E-state index in [1.807, 2.05) is 19.1 Å². The van der Waals surface area contributed by atoms with Gasteiger partial charge in [-0.2, -0.15) is 5.10 Å². The third-order valence-electron chi connectivity index (χ3n) is 5.61. The number of benzene rings is 1. The number of nitrogens with one attached hydrogen (secondary N) is 1. The summed E-state index contributed by atoms with van der Waals surface area (Å²) in [4.78, 5) is 27.1. The number of carbonyl (C=O) groups is 1. The van der Waals surface area contributed by atoms with Crippen LogP contribution >= 0.6 is 0 Å². The van der Waals surface area contributed by atoms with Crippen molar-refractivity contribution in [3.05, 3.63) is 40.4 Å². The van der Waals surface area contributed by atoms with Crippen molar-refractivity contribution in [1.29, 1.82) is 0 Å². The molecule has 1 aromatic carbocycles. The van der Waals surface area contributed by atoms with Gasteiger partial charge in [-0.1, -0.05) is 18.1 Å². The predicted molar refractivity (Wildman–Crippen MR) is 108 cm³/mol. The summed E-state index contributed by atoms with van der Waals surface area (Å²) in [5.41, 5.74) is 1.77. The van der Waals surface area contributed by atoms with Gasteiger partial charge in [-0.15, -0.1) is 0 Å². The van der Waals surface area contributed by atoms with E-state index >= 15 is 0 Å². The summed E-state index contributed by atoms with van der Waals surface area (Å²) in [6.45, 7) is 6.87. The topological polar surface area (TPSA) is 80.4 Å². The van der Waals surface area contributed by atoms with Crippen LogP contribution in [0, 0.1) is 6.92 Å². The molecular weight excluding hydrogens is 356 g/mol. The van der Waals surface area contributed by atoms with Crippen molar-refractivity contribution in [3.8, 4) is 0 Å². The summed E-state index contributed by atoms with van der Waals surface area (Å²) in [6, 6.07) is 6.21. The van der Waals surface area contributed by atoms with E-state index < -0.39 is 5.63 Å². The van der Waals surface area contributed by atoms with Gasteiger partial charge in [0.05, 0.1) is 11.7 Å². The van der Waals surface area contributed by atoms with Crippen LogP contribution in [0.15, 0.2) is 33.6 Å². The lowest BCUT2D eigenvalue weighted by atomic mass is 10.0. The number of carbonyl (C=O) groups excluding carboxylic acids is 1. The summed E-state index contributed by atoms with van der Waals surface area (Å²) in [5.74, 6) is -0.108. The zero-order valence-electron chi connectivity index (χ0n) is 16.4. The Morgan fingerprint density at radius 1 is 1.32 bits per heavy atom. The number of aryl methyl sites for hydroxylation is 1. The SMILES string of the molecule is Cc1ccc2oc(=O)c3cnn(CC(=O)NCCN4CCCCC4C)c3c2c1. The predicted octanol–water partition coefficient (Wildman–Crippen LogP) is 2.44. The monoisotopic (exact) mass is 382 g/mol. The van der Waals surface area contributed by atoms with Crippen LogP contribution in [0.4, 0.5) is 0 Å². The molecule has 1 saturated heterocycles. The first-order chi connectivity index (χ1) is 13.5. The first kappa shape index (κ1) is 18.7. The Labute approximate surface area is 163 Å². The smallest absolute Gasteiger partial charge is 0.347 e. The van der Waals surface area contributed by atoms with E-state index in [1.54, 1.807) is 10.7 Å². The van der Waals surface area contributed by atoms with E-state index in [4.69, 9.17) is 4.42 Å². The summed E-state index contributed by atoms with van der Waals surface area (Å²) in [7, 11) is 0. The molecule has 1 N–H and O–H groups in total. The molecule has 3 aromatic rings. The molecule has 1 fully saturated rings. The third kappa shape index (κ3) is 3.67. The molecule has 1 aliphatic rings. The lowest BCUT2D eigenvalue weighted by molar-refractivity contribution is -0.121. The largest absolute Gasteiger partial charge is 0.422 e. The van der Waals surface area contributed by atoms with Crippen molar-refractivity contribution in [2.45, 2.75) is 45.7 Å². The second kappa shape index (κ2) is 7.75. The summed E-state index contributed by atoms with van der Waals surface area (Å²) < 4.78 is 6.97. The molecule has 28 heavy (non-hydrogen) atoms. The molecule has 0 radical (unpaired) electrons. The number of likely N-dealkylation sites (tertiary alicyclic amines) is 1. The van der Waals surface area contributed by atoms with Gasteiger partial charge in [-0.25, -0.2) is 4.79 Å². The number of amides is 1. The Morgan fingerprint density at radius 2 is 2.18 bits per heavy atom. The van der Waals surface area contributed by atoms with Crippen LogP contribution in [0.3, 0.4) is 0 Å². The van der Waals surface area contributed by atoms with Gasteiger partial charge in [0.15, 0.2) is 0 Å². The summed E-state index contributed by atoms with van der Waals surface area (Å²) in [5, 5.41) is 8.45. The fraction of sp³-hybridized carbons (Fsp3) is 0.476. The second-order valence-corrected chi connectivity index (χ2v) is 7.68. The quantitative estimate of drug-likeness (QED) is 0.686. The Balaban J connectivity index is 1.50. The molecule has 1 aliphatic heterocycles. The molecule has 7 nitrogen and oxygen atoms in total. The van der Waals surface area contributed by atoms with E-state index in [1.165, 1.54) is 25.5 Å². The zero-order valence-corrected chi connectivity index (χ0v) is 16.4. The standard InChI is InChI=1S/C21H26N4O3/c1-14-6-7-18-16(11-14)20-17(21(27)28-18)12-23-25(20)13-19(26)22-8-10-24-9-4-3-5-15(24)2/h6-7,11-12,15H,3-5,8-10,13H2,1-2H3,(H,22,26). The second-order valence-electron chi connectivity index (χ2n) is 7.68. The minimum absolute atomic E-state index is 0.0749. The van der Waals surface area contributed by atoms with Gasteiger partial charge < -0.3 is 9.73 Å². The van der Waals surface area contributed by atoms with E-state index in [0.29, 0.717) is 29.1 Å². The van der Waals surface area contributed by atoms with Crippen molar-refractivity contribution < 1.29 is 9.21 Å². The van der Waals surface area contributed by atoms with Gasteiger partial charge in [0.2, 0.25) is 5.91 Å². The average Bonchev–Trinajstić information content (AvgIpc) is 3.08. The molecule has 1 unspecified atom stereocenters. The maximum Gasteiger partial charge on any atom is 0.347 e. The van der Waals surface area contributed by atoms with Crippen LogP contribution < -0.4 is 10.9 Å². The first-order valence-corrected chi connectivity index (χ1v) is 9.92. The maximum atomic E-state index is 12.5. The highest BCUT2D eigenvalue weighted by molar-refractivity contribution is 6.02. The number of hydrogen-bond acceptors (Lipinski definition) is 5. The molecule has 1 amide bonds. The van der Waals surface area contributed by atoms with Crippen LogP contribution in [0.2, 0.25) is 0 Å². The Kier molecular flexibility index (Phi) is 5.17. The van der Waals surface area contributed by atoms with E-state index in [2.05, 4.69) is 22.2 Å². The highest BCUT2D eigenvalue weighted by atomic mass is 16.4. The van der Waals surface area contributed by atoms with Crippen LogP contribution in [-0.4, -0.2) is 46.3 Å². The van der Waals surface area contributed by atoms with Crippen molar-refractivity contribution >= 4 is 27.8 Å². The van der Waals surface area contributed by atoms with E-state index in [-0.39, 0.29) is 12.5 Å². The van der Waals surface area contributed by atoms with Gasteiger partial charge >= 0.3 is 5.63 Å². The lowest BCUT2D eigenvalue weighted by Crippen LogP contribution is -2.42. The molecule has 3 heterocycles. The van der Waals surface area contributed by atoms with E-state index in [0.717, 1.165) is 24.0 Å². The minimum atomic E-state index is -0.433. The molecule has 4 rings (SSSR count). The average molecular weight is 382 g/mol. The molecule has 2 aromatic heterocycles. The highest BCUT2D eigenvalue weighted by Crippen LogP contribution is 2.23. The van der Waals surface area contributed by atoms with Crippen molar-refractivity contribution in [2.75, 3.05) is 19.6 Å². The molecule has 0 bridgehead atoms. The van der Waals surface area contributed by atoms with Crippen LogP contribution in [-0.2, 0) is 11.3 Å². The van der Waals surface area contributed by atoms with Gasteiger partial charge in [-0.3, -0.25) is 14.4 Å². The van der Waals surface area contributed by atoms with Gasteiger partial charge in [0.25, 0.3) is 0 Å². The summed E-state index contributed by atoms with van der Waals surface area (Å²) >= 11 is 0. The Hall–Kier alpha value is -2.67. The van der Waals surface area contributed by atoms with Crippen molar-refractivity contribution in [2.24, 2.45) is 0 Å². The Bertz CT molecular complexity index is 1070. The molecule has 0 spiro atoms. The number of hydrogen-bond donors (Lipinski definition) is 1. The number of fused-ring (bicyclic) bond motifs is 3. The molecule has 7 heteroatoms. The van der Waals surface area contributed by atoms with Gasteiger partial charge in [0, 0.05) is 24.5 Å². The molecule has 1 atom stereocenters.